The summed E-state index contributed by atoms with van der Waals surface area (Å²) in [6.07, 6.45) is 0. The van der Waals surface area contributed by atoms with E-state index in [1.54, 1.807) is 0 Å². The van der Waals surface area contributed by atoms with E-state index in [1.165, 1.54) is 92.3 Å². The van der Waals surface area contributed by atoms with Crippen molar-refractivity contribution in [3.8, 4) is 50.2 Å². The molecular weight excluding hydrogens is 969 g/mol. The molecule has 0 saturated carbocycles. The number of rotatable bonds is 12. The monoisotopic (exact) mass is 1020 g/mol. The van der Waals surface area contributed by atoms with Crippen LogP contribution in [0.4, 0.5) is 17.1 Å². The molecular formula is C76H54N2Si. The molecule has 0 aliphatic rings. The number of benzene rings is 13. The number of fused-ring (bicyclic) bond motifs is 4. The van der Waals surface area contributed by atoms with Crippen molar-refractivity contribution in [1.82, 2.24) is 4.57 Å². The number of para-hydroxylation sites is 2. The number of hydrogen-bond donors (Lipinski definition) is 0. The van der Waals surface area contributed by atoms with E-state index < -0.39 is 8.07 Å². The normalized spacial score (nSPS) is 11.5. The fourth-order valence-electron chi connectivity index (χ4n) is 12.3. The van der Waals surface area contributed by atoms with Gasteiger partial charge in [0.15, 0.2) is 8.07 Å². The molecule has 1 heterocycles. The van der Waals surface area contributed by atoms with Gasteiger partial charge in [-0.25, -0.2) is 0 Å². The van der Waals surface area contributed by atoms with Gasteiger partial charge in [0.25, 0.3) is 0 Å². The summed E-state index contributed by atoms with van der Waals surface area (Å²) in [6.45, 7) is 0. The van der Waals surface area contributed by atoms with Crippen molar-refractivity contribution >= 4 is 78.5 Å². The lowest BCUT2D eigenvalue weighted by molar-refractivity contribution is 1.18. The topological polar surface area (TPSA) is 8.17 Å². The van der Waals surface area contributed by atoms with Crippen LogP contribution < -0.4 is 25.6 Å². The summed E-state index contributed by atoms with van der Waals surface area (Å²) >= 11 is 0. The summed E-state index contributed by atoms with van der Waals surface area (Å²) in [5.74, 6) is 0. The Morgan fingerprint density at radius 2 is 0.658 bits per heavy atom. The van der Waals surface area contributed by atoms with E-state index in [0.717, 1.165) is 28.3 Å². The molecule has 372 valence electrons. The van der Waals surface area contributed by atoms with Crippen LogP contribution >= 0.6 is 0 Å². The zero-order valence-corrected chi connectivity index (χ0v) is 44.6. The summed E-state index contributed by atoms with van der Waals surface area (Å²) < 4.78 is 2.39. The average Bonchev–Trinajstić information content (AvgIpc) is 4.14. The molecule has 0 bridgehead atoms. The van der Waals surface area contributed by atoms with Crippen molar-refractivity contribution in [2.24, 2.45) is 0 Å². The fraction of sp³-hybridized carbons (Fsp3) is 0. The first-order valence-electron chi connectivity index (χ1n) is 27.2. The second-order valence-corrected chi connectivity index (χ2v) is 24.2. The van der Waals surface area contributed by atoms with Gasteiger partial charge in [-0.05, 0) is 143 Å². The predicted octanol–water partition coefficient (Wildman–Crippen LogP) is 17.5. The predicted molar refractivity (Wildman–Crippen MR) is 338 cm³/mol. The van der Waals surface area contributed by atoms with E-state index in [0.29, 0.717) is 0 Å². The highest BCUT2D eigenvalue weighted by molar-refractivity contribution is 7.19. The lowest BCUT2D eigenvalue weighted by Crippen LogP contribution is -2.74. The highest BCUT2D eigenvalue weighted by Gasteiger charge is 2.41. The summed E-state index contributed by atoms with van der Waals surface area (Å²) in [7, 11) is -2.74. The van der Waals surface area contributed by atoms with Gasteiger partial charge in [-0.3, -0.25) is 0 Å². The van der Waals surface area contributed by atoms with E-state index in [2.05, 4.69) is 337 Å². The molecule has 3 heteroatoms. The Hall–Kier alpha value is -10.1. The lowest BCUT2D eigenvalue weighted by Gasteiger charge is -2.35. The summed E-state index contributed by atoms with van der Waals surface area (Å²) in [5, 5.41) is 10.4. The number of aromatic nitrogens is 1. The molecule has 0 aliphatic carbocycles. The molecule has 0 amide bonds. The Labute approximate surface area is 463 Å². The van der Waals surface area contributed by atoms with Crippen LogP contribution in [0.5, 0.6) is 0 Å². The van der Waals surface area contributed by atoms with Gasteiger partial charge >= 0.3 is 0 Å². The molecule has 2 nitrogen and oxygen atoms in total. The Balaban J connectivity index is 0.847. The summed E-state index contributed by atoms with van der Waals surface area (Å²) in [4.78, 5) is 2.40. The minimum absolute atomic E-state index is 1.08. The maximum atomic E-state index is 2.40. The zero-order chi connectivity index (χ0) is 52.5. The van der Waals surface area contributed by atoms with Crippen LogP contribution in [0.1, 0.15) is 0 Å². The van der Waals surface area contributed by atoms with E-state index in [1.807, 2.05) is 0 Å². The molecule has 1 aromatic heterocycles. The number of nitrogens with zero attached hydrogens (tertiary/aromatic N) is 2. The van der Waals surface area contributed by atoms with Crippen molar-refractivity contribution in [3.05, 3.63) is 328 Å². The molecule has 0 saturated heterocycles. The fourth-order valence-corrected chi connectivity index (χ4v) is 17.0. The average molecular weight is 1020 g/mol. The van der Waals surface area contributed by atoms with Crippen LogP contribution in [0.3, 0.4) is 0 Å². The first-order valence-corrected chi connectivity index (χ1v) is 29.2. The Bertz CT molecular complexity index is 4310. The maximum Gasteiger partial charge on any atom is 0.179 e. The minimum atomic E-state index is -2.74. The van der Waals surface area contributed by atoms with Crippen molar-refractivity contribution in [2.75, 3.05) is 4.90 Å². The third kappa shape index (κ3) is 8.54. The SMILES string of the molecule is c1ccc(-c2cccc3ccc(-c4ccc(N(c5ccc(-c6ccc(-c7cccc8c7c7ccccc7n8-c7ccccc7)cc6)cc5)c5ccc([Si](c6ccccc6)(c6ccccc6)c6ccccc6)cc5)cc4)cc23)cc1. The van der Waals surface area contributed by atoms with Crippen molar-refractivity contribution in [2.45, 2.75) is 0 Å². The number of hydrogen-bond acceptors (Lipinski definition) is 1. The second kappa shape index (κ2) is 20.5. The van der Waals surface area contributed by atoms with Crippen LogP contribution in [0.2, 0.25) is 0 Å². The van der Waals surface area contributed by atoms with Crippen LogP contribution in [0, 0.1) is 0 Å². The molecule has 0 radical (unpaired) electrons. The molecule has 0 N–H and O–H groups in total. The standard InChI is InChI=1S/C76H54N2Si/c1-6-20-58(21-7-1)70-32-18-22-59-40-41-61(54-73(59)70)57-44-48-64(49-45-57)77(65-50-52-69(53-51-65)79(66-25-10-3-11-26-66,67-27-12-4-13-28-67)68-29-14-5-15-30-68)63-46-42-56(43-47-63)55-36-38-60(39-37-55)71-33-19-35-75-76(71)72-31-16-17-34-74(72)78(75)62-23-8-2-9-24-62/h1-54H. The van der Waals surface area contributed by atoms with Crippen molar-refractivity contribution < 1.29 is 0 Å². The molecule has 14 rings (SSSR count). The van der Waals surface area contributed by atoms with Crippen molar-refractivity contribution in [1.29, 1.82) is 0 Å². The second-order valence-electron chi connectivity index (χ2n) is 20.4. The quantitative estimate of drug-likeness (QED) is 0.0875. The highest BCUT2D eigenvalue weighted by Crippen LogP contribution is 2.41. The van der Waals surface area contributed by atoms with Gasteiger partial charge in [-0.1, -0.05) is 261 Å². The van der Waals surface area contributed by atoms with Gasteiger partial charge in [0, 0.05) is 33.5 Å². The summed E-state index contributed by atoms with van der Waals surface area (Å²) in [6, 6.07) is 121. The maximum absolute atomic E-state index is 2.74. The van der Waals surface area contributed by atoms with E-state index in [-0.39, 0.29) is 0 Å². The van der Waals surface area contributed by atoms with Gasteiger partial charge < -0.3 is 9.47 Å². The molecule has 14 aromatic rings. The van der Waals surface area contributed by atoms with Gasteiger partial charge in [0.1, 0.15) is 0 Å². The van der Waals surface area contributed by atoms with Crippen LogP contribution in [0.25, 0.3) is 82.8 Å². The van der Waals surface area contributed by atoms with E-state index in [4.69, 9.17) is 0 Å². The van der Waals surface area contributed by atoms with Crippen molar-refractivity contribution in [3.63, 3.8) is 0 Å². The highest BCUT2D eigenvalue weighted by atomic mass is 28.3. The third-order valence-electron chi connectivity index (χ3n) is 16.0. The Morgan fingerprint density at radius 3 is 1.24 bits per heavy atom. The smallest absolute Gasteiger partial charge is 0.179 e. The van der Waals surface area contributed by atoms with Gasteiger partial charge in [0.2, 0.25) is 0 Å². The Morgan fingerprint density at radius 1 is 0.253 bits per heavy atom. The van der Waals surface area contributed by atoms with E-state index in [9.17, 15) is 0 Å². The molecule has 0 fully saturated rings. The molecule has 0 atom stereocenters. The van der Waals surface area contributed by atoms with Gasteiger partial charge in [-0.15, -0.1) is 0 Å². The van der Waals surface area contributed by atoms with Gasteiger partial charge in [-0.2, -0.15) is 0 Å². The number of anilines is 3. The molecule has 0 unspecified atom stereocenters. The Kier molecular flexibility index (Phi) is 12.3. The van der Waals surface area contributed by atoms with Crippen LogP contribution in [-0.4, -0.2) is 12.6 Å². The minimum Gasteiger partial charge on any atom is -0.311 e. The lowest BCUT2D eigenvalue weighted by atomic mass is 9.95. The zero-order valence-electron chi connectivity index (χ0n) is 43.6. The molecule has 0 aliphatic heterocycles. The molecule has 0 spiro atoms. The largest absolute Gasteiger partial charge is 0.311 e. The summed E-state index contributed by atoms with van der Waals surface area (Å²) in [5.41, 5.74) is 16.4. The molecule has 13 aromatic carbocycles. The van der Waals surface area contributed by atoms with E-state index >= 15 is 0 Å². The molecule has 79 heavy (non-hydrogen) atoms. The third-order valence-corrected chi connectivity index (χ3v) is 20.8. The van der Waals surface area contributed by atoms with Crippen LogP contribution in [-0.2, 0) is 0 Å². The first-order chi connectivity index (χ1) is 39.2. The van der Waals surface area contributed by atoms with Gasteiger partial charge in [0.05, 0.1) is 11.0 Å². The van der Waals surface area contributed by atoms with Crippen LogP contribution in [0.15, 0.2) is 328 Å². The first kappa shape index (κ1) is 47.4.